The summed E-state index contributed by atoms with van der Waals surface area (Å²) in [4.78, 5) is 0. The minimum absolute atomic E-state index is 0.0920. The molecule has 0 aromatic heterocycles. The highest BCUT2D eigenvalue weighted by Crippen LogP contribution is 2.23. The van der Waals surface area contributed by atoms with Crippen LogP contribution in [0.15, 0.2) is 42.5 Å². The van der Waals surface area contributed by atoms with Gasteiger partial charge in [-0.15, -0.1) is 0 Å². The molecular weight excluding hydrogens is 340 g/mol. The Bertz CT molecular complexity index is 653. The van der Waals surface area contributed by atoms with Gasteiger partial charge >= 0.3 is 0 Å². The molecule has 0 fully saturated rings. The Balaban J connectivity index is 1.97. The molecule has 0 amide bonds. The molecule has 3 N–H and O–H groups in total. The number of hydrogen-bond donors (Lipinski definition) is 3. The Kier molecular flexibility index (Phi) is 7.72. The van der Waals surface area contributed by atoms with Crippen LogP contribution in [0.3, 0.4) is 0 Å². The van der Waals surface area contributed by atoms with Crippen LogP contribution in [0, 0.1) is 0 Å². The second-order valence-corrected chi connectivity index (χ2v) is 6.64. The van der Waals surface area contributed by atoms with Crippen molar-refractivity contribution in [1.29, 1.82) is 0 Å². The standard InChI is InChI=1S/C20H25ClO4/c1-25-19(13-22)12-18(24)8-4-15-5-9-20(21)16(11-15)10-14-2-6-17(23)7-3-14/h2-3,5-7,9,11,18-19,22-24H,4,8,10,12-13H2,1H3/t18-,19+/m1/s1. The van der Waals surface area contributed by atoms with Crippen LogP contribution < -0.4 is 0 Å². The molecule has 4 nitrogen and oxygen atoms in total. The number of methoxy groups -OCH3 is 1. The molecule has 0 spiro atoms. The van der Waals surface area contributed by atoms with E-state index in [1.165, 1.54) is 7.11 Å². The van der Waals surface area contributed by atoms with Crippen molar-refractivity contribution in [2.45, 2.75) is 37.9 Å². The zero-order chi connectivity index (χ0) is 18.2. The van der Waals surface area contributed by atoms with E-state index in [0.717, 1.165) is 23.1 Å². The van der Waals surface area contributed by atoms with Crippen molar-refractivity contribution in [1.82, 2.24) is 0 Å². The number of halogens is 1. The molecule has 2 rings (SSSR count). The predicted molar refractivity (Wildman–Crippen MR) is 99.2 cm³/mol. The van der Waals surface area contributed by atoms with E-state index in [0.29, 0.717) is 24.3 Å². The fourth-order valence-electron chi connectivity index (χ4n) is 2.75. The number of phenolic OH excluding ortho intramolecular Hbond substituents is 1. The lowest BCUT2D eigenvalue weighted by Gasteiger charge is -2.17. The van der Waals surface area contributed by atoms with Gasteiger partial charge < -0.3 is 20.1 Å². The number of ether oxygens (including phenoxy) is 1. The van der Waals surface area contributed by atoms with Crippen LogP contribution in [0.2, 0.25) is 5.02 Å². The molecule has 0 aliphatic heterocycles. The van der Waals surface area contributed by atoms with Gasteiger partial charge in [0.2, 0.25) is 0 Å². The number of rotatable bonds is 9. The lowest BCUT2D eigenvalue weighted by atomic mass is 9.98. The van der Waals surface area contributed by atoms with Crippen molar-refractivity contribution in [3.8, 4) is 5.75 Å². The number of hydrogen-bond acceptors (Lipinski definition) is 4. The van der Waals surface area contributed by atoms with Crippen molar-refractivity contribution < 1.29 is 20.1 Å². The molecular formula is C20H25ClO4. The van der Waals surface area contributed by atoms with Crippen LogP contribution in [-0.4, -0.2) is 41.2 Å². The third-order valence-electron chi connectivity index (χ3n) is 4.28. The molecule has 0 aliphatic rings. The maximum atomic E-state index is 10.1. The number of aliphatic hydroxyl groups excluding tert-OH is 2. The molecule has 2 aromatic rings. The SMILES string of the molecule is CO[C@H](CO)C[C@H](O)CCc1ccc(Cl)c(Cc2ccc(O)cc2)c1. The van der Waals surface area contributed by atoms with Gasteiger partial charge in [0.1, 0.15) is 5.75 Å². The van der Waals surface area contributed by atoms with E-state index >= 15 is 0 Å². The average Bonchev–Trinajstić information content (AvgIpc) is 2.62. The first kappa shape index (κ1) is 19.7. The highest BCUT2D eigenvalue weighted by molar-refractivity contribution is 6.31. The molecule has 2 aromatic carbocycles. The summed E-state index contributed by atoms with van der Waals surface area (Å²) in [6.07, 6.45) is 1.58. The van der Waals surface area contributed by atoms with Gasteiger partial charge in [-0.2, -0.15) is 0 Å². The van der Waals surface area contributed by atoms with Gasteiger partial charge in [-0.1, -0.05) is 35.9 Å². The van der Waals surface area contributed by atoms with Gasteiger partial charge in [0.15, 0.2) is 0 Å². The number of benzene rings is 2. The van der Waals surface area contributed by atoms with E-state index in [4.69, 9.17) is 21.4 Å². The summed E-state index contributed by atoms with van der Waals surface area (Å²) >= 11 is 6.30. The largest absolute Gasteiger partial charge is 0.508 e. The summed E-state index contributed by atoms with van der Waals surface area (Å²) in [5.74, 6) is 0.245. The summed E-state index contributed by atoms with van der Waals surface area (Å²) < 4.78 is 5.09. The summed E-state index contributed by atoms with van der Waals surface area (Å²) in [6.45, 7) is -0.0920. The van der Waals surface area contributed by atoms with Gasteiger partial charge in [0.25, 0.3) is 0 Å². The maximum absolute atomic E-state index is 10.1. The molecule has 25 heavy (non-hydrogen) atoms. The minimum atomic E-state index is -0.520. The smallest absolute Gasteiger partial charge is 0.115 e. The summed E-state index contributed by atoms with van der Waals surface area (Å²) in [5.41, 5.74) is 3.20. The normalized spacial score (nSPS) is 13.6. The second kappa shape index (κ2) is 9.78. The zero-order valence-electron chi connectivity index (χ0n) is 14.4. The Morgan fingerprint density at radius 3 is 2.40 bits per heavy atom. The molecule has 0 bridgehead atoms. The van der Waals surface area contributed by atoms with Gasteiger partial charge in [-0.25, -0.2) is 0 Å². The minimum Gasteiger partial charge on any atom is -0.508 e. The first-order valence-electron chi connectivity index (χ1n) is 8.38. The third kappa shape index (κ3) is 6.33. The van der Waals surface area contributed by atoms with Crippen LogP contribution in [0.1, 0.15) is 29.5 Å². The molecule has 136 valence electrons. The topological polar surface area (TPSA) is 69.9 Å². The molecule has 0 saturated carbocycles. The van der Waals surface area contributed by atoms with Gasteiger partial charge in [-0.05, 0) is 54.2 Å². The van der Waals surface area contributed by atoms with E-state index in [-0.39, 0.29) is 18.5 Å². The Labute approximate surface area is 153 Å². The number of aryl methyl sites for hydroxylation is 1. The lowest BCUT2D eigenvalue weighted by Crippen LogP contribution is -2.23. The number of aliphatic hydroxyl groups is 2. The first-order chi connectivity index (χ1) is 12.0. The quantitative estimate of drug-likeness (QED) is 0.638. The fraction of sp³-hybridized carbons (Fsp3) is 0.400. The van der Waals surface area contributed by atoms with Gasteiger partial charge in [0, 0.05) is 18.6 Å². The number of aromatic hydroxyl groups is 1. The first-order valence-corrected chi connectivity index (χ1v) is 8.76. The Morgan fingerprint density at radius 2 is 1.76 bits per heavy atom. The Morgan fingerprint density at radius 1 is 1.08 bits per heavy atom. The van der Waals surface area contributed by atoms with Crippen molar-refractivity contribution in [3.63, 3.8) is 0 Å². The molecule has 0 unspecified atom stereocenters. The zero-order valence-corrected chi connectivity index (χ0v) is 15.1. The molecule has 0 saturated heterocycles. The lowest BCUT2D eigenvalue weighted by molar-refractivity contribution is 0.00799. The van der Waals surface area contributed by atoms with Crippen LogP contribution in [0.4, 0.5) is 0 Å². The molecule has 2 atom stereocenters. The van der Waals surface area contributed by atoms with Crippen LogP contribution in [0.5, 0.6) is 5.75 Å². The van der Waals surface area contributed by atoms with E-state index in [1.807, 2.05) is 24.3 Å². The maximum Gasteiger partial charge on any atom is 0.115 e. The molecule has 0 heterocycles. The number of phenols is 1. The van der Waals surface area contributed by atoms with Crippen molar-refractivity contribution >= 4 is 11.6 Å². The second-order valence-electron chi connectivity index (χ2n) is 6.24. The fourth-order valence-corrected chi connectivity index (χ4v) is 2.94. The summed E-state index contributed by atoms with van der Waals surface area (Å²) in [6, 6.07) is 13.0. The van der Waals surface area contributed by atoms with E-state index in [9.17, 15) is 10.2 Å². The molecule has 0 aliphatic carbocycles. The van der Waals surface area contributed by atoms with Gasteiger partial charge in [0.05, 0.1) is 18.8 Å². The van der Waals surface area contributed by atoms with E-state index < -0.39 is 6.10 Å². The molecule has 0 radical (unpaired) electrons. The van der Waals surface area contributed by atoms with Crippen molar-refractivity contribution in [2.24, 2.45) is 0 Å². The predicted octanol–water partition coefficient (Wildman–Crippen LogP) is 3.33. The van der Waals surface area contributed by atoms with Gasteiger partial charge in [-0.3, -0.25) is 0 Å². The average molecular weight is 365 g/mol. The van der Waals surface area contributed by atoms with Crippen molar-refractivity contribution in [3.05, 3.63) is 64.2 Å². The summed E-state index contributed by atoms with van der Waals surface area (Å²) in [7, 11) is 1.53. The third-order valence-corrected chi connectivity index (χ3v) is 4.65. The van der Waals surface area contributed by atoms with Crippen LogP contribution in [-0.2, 0) is 17.6 Å². The van der Waals surface area contributed by atoms with Crippen LogP contribution in [0.25, 0.3) is 0 Å². The highest BCUT2D eigenvalue weighted by Gasteiger charge is 2.13. The molecule has 5 heteroatoms. The van der Waals surface area contributed by atoms with Crippen LogP contribution >= 0.6 is 11.6 Å². The van der Waals surface area contributed by atoms with E-state index in [2.05, 4.69) is 6.07 Å². The monoisotopic (exact) mass is 364 g/mol. The Hall–Kier alpha value is -1.59. The van der Waals surface area contributed by atoms with Crippen molar-refractivity contribution in [2.75, 3.05) is 13.7 Å². The summed E-state index contributed by atoms with van der Waals surface area (Å²) in [5, 5.41) is 29.3. The van der Waals surface area contributed by atoms with E-state index in [1.54, 1.807) is 12.1 Å². The highest BCUT2D eigenvalue weighted by atomic mass is 35.5.